The zero-order chi connectivity index (χ0) is 13.8. The predicted molar refractivity (Wildman–Crippen MR) is 52.0 cm³/mol. The zero-order valence-corrected chi connectivity index (χ0v) is 9.37. The van der Waals surface area contributed by atoms with Crippen LogP contribution in [0.2, 0.25) is 0 Å². The summed E-state index contributed by atoms with van der Waals surface area (Å²) in [6.45, 7) is 0.150. The van der Waals surface area contributed by atoms with E-state index < -0.39 is 18.2 Å². The number of nitrogens with zero attached hydrogens (tertiary/aromatic N) is 1. The number of hydrogen-bond acceptors (Lipinski definition) is 4. The van der Waals surface area contributed by atoms with E-state index in [1.54, 1.807) is 0 Å². The lowest BCUT2D eigenvalue weighted by atomic mass is 10.1. The van der Waals surface area contributed by atoms with E-state index in [0.717, 1.165) is 25.7 Å². The SMILES string of the molecule is O=C(O)N(NCC1CCCC1)OC(=O)C(F)(F)F. The van der Waals surface area contributed by atoms with Crippen LogP contribution in [0.1, 0.15) is 25.7 Å². The minimum Gasteiger partial charge on any atom is -0.462 e. The van der Waals surface area contributed by atoms with E-state index in [9.17, 15) is 22.8 Å². The molecule has 1 saturated carbocycles. The highest BCUT2D eigenvalue weighted by atomic mass is 19.4. The fraction of sp³-hybridized carbons (Fsp3) is 0.778. The van der Waals surface area contributed by atoms with Gasteiger partial charge in [-0.2, -0.15) is 18.6 Å². The smallest absolute Gasteiger partial charge is 0.462 e. The molecule has 0 aliphatic heterocycles. The number of hydrazine groups is 1. The van der Waals surface area contributed by atoms with E-state index in [1.807, 2.05) is 0 Å². The molecule has 0 spiro atoms. The summed E-state index contributed by atoms with van der Waals surface area (Å²) in [5.41, 5.74) is 2.15. The van der Waals surface area contributed by atoms with Crippen molar-refractivity contribution in [1.29, 1.82) is 0 Å². The molecule has 0 heterocycles. The van der Waals surface area contributed by atoms with Crippen molar-refractivity contribution in [2.75, 3.05) is 6.54 Å². The number of amides is 1. The molecular weight excluding hydrogens is 257 g/mol. The Morgan fingerprint density at radius 2 is 1.89 bits per heavy atom. The normalized spacial score (nSPS) is 16.6. The van der Waals surface area contributed by atoms with Crippen LogP contribution in [0, 0.1) is 5.92 Å². The Labute approximate surface area is 101 Å². The lowest BCUT2D eigenvalue weighted by Gasteiger charge is -2.20. The number of carbonyl (C=O) groups excluding carboxylic acids is 1. The molecule has 9 heteroatoms. The van der Waals surface area contributed by atoms with Gasteiger partial charge in [0.25, 0.3) is 0 Å². The van der Waals surface area contributed by atoms with Crippen LogP contribution in [0.5, 0.6) is 0 Å². The van der Waals surface area contributed by atoms with Crippen LogP contribution < -0.4 is 5.43 Å². The number of alkyl halides is 3. The van der Waals surface area contributed by atoms with E-state index in [0.29, 0.717) is 0 Å². The molecule has 1 fully saturated rings. The Hall–Kier alpha value is -1.51. The molecule has 1 aliphatic carbocycles. The van der Waals surface area contributed by atoms with Crippen LogP contribution in [-0.2, 0) is 9.63 Å². The van der Waals surface area contributed by atoms with Gasteiger partial charge >= 0.3 is 18.2 Å². The van der Waals surface area contributed by atoms with Crippen molar-refractivity contribution >= 4 is 12.1 Å². The first-order chi connectivity index (χ1) is 8.30. The van der Waals surface area contributed by atoms with Gasteiger partial charge in [0.2, 0.25) is 0 Å². The Bertz CT molecular complexity index is 315. The Kier molecular flexibility index (Phi) is 4.76. The molecular formula is C9H13F3N2O4. The second-order valence-electron chi connectivity index (χ2n) is 3.97. The molecule has 6 nitrogen and oxygen atoms in total. The largest absolute Gasteiger partial charge is 0.493 e. The highest BCUT2D eigenvalue weighted by Gasteiger charge is 2.43. The van der Waals surface area contributed by atoms with Crippen LogP contribution in [0.15, 0.2) is 0 Å². The van der Waals surface area contributed by atoms with Gasteiger partial charge in [0, 0.05) is 6.54 Å². The van der Waals surface area contributed by atoms with Gasteiger partial charge < -0.3 is 9.94 Å². The summed E-state index contributed by atoms with van der Waals surface area (Å²) < 4.78 is 35.7. The van der Waals surface area contributed by atoms with Gasteiger partial charge in [-0.1, -0.05) is 18.0 Å². The van der Waals surface area contributed by atoms with Gasteiger partial charge in [0.05, 0.1) is 0 Å². The number of carbonyl (C=O) groups is 2. The van der Waals surface area contributed by atoms with Gasteiger partial charge in [-0.3, -0.25) is 0 Å². The number of carboxylic acid groups (broad SMARTS) is 1. The first-order valence-electron chi connectivity index (χ1n) is 5.36. The van der Waals surface area contributed by atoms with Crippen LogP contribution in [-0.4, -0.2) is 35.1 Å². The molecule has 0 aromatic rings. The van der Waals surface area contributed by atoms with Crippen molar-refractivity contribution in [1.82, 2.24) is 10.6 Å². The summed E-state index contributed by atoms with van der Waals surface area (Å²) in [7, 11) is 0. The summed E-state index contributed by atoms with van der Waals surface area (Å²) >= 11 is 0. The van der Waals surface area contributed by atoms with Crippen LogP contribution in [0.4, 0.5) is 18.0 Å². The summed E-state index contributed by atoms with van der Waals surface area (Å²) in [6, 6.07) is 0. The van der Waals surface area contributed by atoms with Crippen molar-refractivity contribution in [2.24, 2.45) is 5.92 Å². The molecule has 0 aromatic heterocycles. The Morgan fingerprint density at radius 3 is 2.33 bits per heavy atom. The van der Waals surface area contributed by atoms with Crippen LogP contribution >= 0.6 is 0 Å². The van der Waals surface area contributed by atoms with Crippen molar-refractivity contribution in [3.63, 3.8) is 0 Å². The van der Waals surface area contributed by atoms with E-state index in [-0.39, 0.29) is 17.6 Å². The number of rotatable bonds is 3. The monoisotopic (exact) mass is 270 g/mol. The number of hydroxylamine groups is 1. The minimum atomic E-state index is -5.23. The molecule has 2 N–H and O–H groups in total. The molecule has 1 rings (SSSR count). The van der Waals surface area contributed by atoms with E-state index >= 15 is 0 Å². The molecule has 0 atom stereocenters. The maximum atomic E-state index is 11.9. The molecule has 0 radical (unpaired) electrons. The van der Waals surface area contributed by atoms with Gasteiger partial charge in [0.1, 0.15) is 0 Å². The zero-order valence-electron chi connectivity index (χ0n) is 9.37. The summed E-state index contributed by atoms with van der Waals surface area (Å²) in [5, 5.41) is 8.38. The van der Waals surface area contributed by atoms with Gasteiger partial charge in [0.15, 0.2) is 0 Å². The topological polar surface area (TPSA) is 78.9 Å². The first-order valence-corrected chi connectivity index (χ1v) is 5.36. The van der Waals surface area contributed by atoms with Crippen molar-refractivity contribution in [2.45, 2.75) is 31.9 Å². The molecule has 0 unspecified atom stereocenters. The highest BCUT2D eigenvalue weighted by Crippen LogP contribution is 2.24. The number of halogens is 3. The number of hydrogen-bond donors (Lipinski definition) is 2. The Morgan fingerprint density at radius 1 is 1.33 bits per heavy atom. The van der Waals surface area contributed by atoms with Crippen molar-refractivity contribution in [3.8, 4) is 0 Å². The average Bonchev–Trinajstić information content (AvgIpc) is 2.74. The minimum absolute atomic E-state index is 0.150. The molecule has 18 heavy (non-hydrogen) atoms. The maximum Gasteiger partial charge on any atom is 0.493 e. The van der Waals surface area contributed by atoms with Gasteiger partial charge in [-0.05, 0) is 18.8 Å². The second-order valence-corrected chi connectivity index (χ2v) is 3.97. The van der Waals surface area contributed by atoms with Gasteiger partial charge in [-0.15, -0.1) is 0 Å². The lowest BCUT2D eigenvalue weighted by molar-refractivity contribution is -0.239. The molecule has 1 aliphatic rings. The van der Waals surface area contributed by atoms with Crippen molar-refractivity contribution in [3.05, 3.63) is 0 Å². The fourth-order valence-electron chi connectivity index (χ4n) is 1.70. The summed E-state index contributed by atoms with van der Waals surface area (Å²) in [4.78, 5) is 24.8. The average molecular weight is 270 g/mol. The number of nitrogens with one attached hydrogen (secondary N) is 1. The van der Waals surface area contributed by atoms with Gasteiger partial charge in [-0.25, -0.2) is 9.59 Å². The highest BCUT2D eigenvalue weighted by molar-refractivity contribution is 5.77. The fourth-order valence-corrected chi connectivity index (χ4v) is 1.70. The first kappa shape index (κ1) is 14.6. The lowest BCUT2D eigenvalue weighted by Crippen LogP contribution is -2.47. The quantitative estimate of drug-likeness (QED) is 0.763. The second kappa shape index (κ2) is 5.89. The molecule has 0 aromatic carbocycles. The van der Waals surface area contributed by atoms with Crippen LogP contribution in [0.3, 0.4) is 0 Å². The molecule has 0 saturated heterocycles. The van der Waals surface area contributed by atoms with E-state index in [4.69, 9.17) is 5.11 Å². The van der Waals surface area contributed by atoms with E-state index in [1.165, 1.54) is 0 Å². The Balaban J connectivity index is 2.44. The van der Waals surface area contributed by atoms with Crippen LogP contribution in [0.25, 0.3) is 0 Å². The third-order valence-electron chi connectivity index (χ3n) is 2.58. The summed E-state index contributed by atoms with van der Waals surface area (Å²) in [5.74, 6) is -2.40. The predicted octanol–water partition coefficient (Wildman–Crippen LogP) is 1.68. The molecule has 0 bridgehead atoms. The summed E-state index contributed by atoms with van der Waals surface area (Å²) in [6.07, 6.45) is -3.31. The van der Waals surface area contributed by atoms with Crippen molar-refractivity contribution < 1.29 is 32.7 Å². The van der Waals surface area contributed by atoms with E-state index in [2.05, 4.69) is 10.3 Å². The maximum absolute atomic E-state index is 11.9. The molecule has 104 valence electrons. The third kappa shape index (κ3) is 4.40. The molecule has 1 amide bonds. The third-order valence-corrected chi connectivity index (χ3v) is 2.58. The standard InChI is InChI=1S/C9H13F3N2O4/c10-9(11,12)7(15)18-14(8(16)17)13-5-6-3-1-2-4-6/h6,13H,1-5H2,(H,16,17).